The van der Waals surface area contributed by atoms with Crippen LogP contribution in [0.3, 0.4) is 0 Å². The Labute approximate surface area is 188 Å². The third-order valence-electron chi connectivity index (χ3n) is 4.97. The molecule has 0 spiro atoms. The van der Waals surface area contributed by atoms with Gasteiger partial charge in [0.05, 0.1) is 5.56 Å². The van der Waals surface area contributed by atoms with E-state index in [9.17, 15) is 33.7 Å². The quantitative estimate of drug-likeness (QED) is 0.290. The molecule has 0 saturated carbocycles. The summed E-state index contributed by atoms with van der Waals surface area (Å²) in [4.78, 5) is 20.2. The van der Waals surface area contributed by atoms with Crippen LogP contribution in [0.15, 0.2) is 54.6 Å². The Hall–Kier alpha value is -3.66. The number of aromatic hydroxyl groups is 2. The van der Waals surface area contributed by atoms with Crippen LogP contribution in [-0.2, 0) is 4.79 Å². The van der Waals surface area contributed by atoms with Crippen molar-refractivity contribution in [3.63, 3.8) is 0 Å². The number of carbonyl (C=O) groups is 2. The fourth-order valence-electron chi connectivity index (χ4n) is 3.66. The second-order valence-electron chi connectivity index (χ2n) is 7.00. The summed E-state index contributed by atoms with van der Waals surface area (Å²) in [6, 6.07) is 12.3. The van der Waals surface area contributed by atoms with Crippen molar-refractivity contribution in [2.45, 2.75) is 10.7 Å². The molecule has 164 valence electrons. The highest BCUT2D eigenvalue weighted by Gasteiger charge is 2.38. The van der Waals surface area contributed by atoms with E-state index in [1.54, 1.807) is 0 Å². The lowest BCUT2D eigenvalue weighted by Gasteiger charge is -2.31. The van der Waals surface area contributed by atoms with Crippen molar-refractivity contribution in [3.05, 3.63) is 76.9 Å². The van der Waals surface area contributed by atoms with Gasteiger partial charge in [0.15, 0.2) is 0 Å². The van der Waals surface area contributed by atoms with Crippen molar-refractivity contribution in [2.24, 2.45) is 0 Å². The summed E-state index contributed by atoms with van der Waals surface area (Å²) in [6.07, 6.45) is 0. The topological polar surface area (TPSA) is 116 Å². The molecule has 0 bridgehead atoms. The molecule has 3 aromatic rings. The molecule has 0 fully saturated rings. The highest BCUT2D eigenvalue weighted by atomic mass is 79.9. The SMILES string of the molecule is O=C(O)c1cccc(NC(=O)C(F)(F)Br)c1C1c2ccc(O)cc2Oc2cc(O)ccc21. The number of phenolic OH excluding ortho intramolecular Hbond substituents is 2. The first-order chi connectivity index (χ1) is 15.1. The summed E-state index contributed by atoms with van der Waals surface area (Å²) in [5.41, 5.74) is 0.517. The lowest BCUT2D eigenvalue weighted by Crippen LogP contribution is -2.29. The van der Waals surface area contributed by atoms with Gasteiger partial charge < -0.3 is 25.4 Å². The maximum atomic E-state index is 13.5. The van der Waals surface area contributed by atoms with E-state index < -0.39 is 22.6 Å². The number of rotatable bonds is 4. The largest absolute Gasteiger partial charge is 0.508 e. The smallest absolute Gasteiger partial charge is 0.378 e. The van der Waals surface area contributed by atoms with E-state index in [4.69, 9.17) is 4.74 Å². The number of anilines is 1. The van der Waals surface area contributed by atoms with Gasteiger partial charge in [0.1, 0.15) is 23.0 Å². The van der Waals surface area contributed by atoms with Crippen LogP contribution in [0.4, 0.5) is 14.5 Å². The molecule has 1 heterocycles. The lowest BCUT2D eigenvalue weighted by atomic mass is 9.79. The van der Waals surface area contributed by atoms with E-state index in [1.807, 2.05) is 15.9 Å². The molecule has 4 N–H and O–H groups in total. The molecule has 1 amide bonds. The van der Waals surface area contributed by atoms with Gasteiger partial charge in [-0.15, -0.1) is 0 Å². The summed E-state index contributed by atoms with van der Waals surface area (Å²) >= 11 is 2.00. The van der Waals surface area contributed by atoms with Crippen molar-refractivity contribution in [1.82, 2.24) is 0 Å². The van der Waals surface area contributed by atoms with Crippen molar-refractivity contribution < 1.29 is 38.4 Å². The molecular weight excluding hydrogens is 492 g/mol. The van der Waals surface area contributed by atoms with Gasteiger partial charge in [0.2, 0.25) is 0 Å². The molecular formula is C22H14BrF2NO6. The number of carboxylic acids is 1. The van der Waals surface area contributed by atoms with Crippen LogP contribution in [0.5, 0.6) is 23.0 Å². The van der Waals surface area contributed by atoms with Crippen molar-refractivity contribution in [2.75, 3.05) is 5.32 Å². The third-order valence-corrected chi connectivity index (χ3v) is 5.33. The molecule has 1 aliphatic heterocycles. The van der Waals surface area contributed by atoms with Gasteiger partial charge in [-0.25, -0.2) is 4.79 Å². The second-order valence-corrected chi connectivity index (χ2v) is 8.00. The van der Waals surface area contributed by atoms with E-state index in [-0.39, 0.29) is 39.8 Å². The second kappa shape index (κ2) is 7.79. The molecule has 0 atom stereocenters. The van der Waals surface area contributed by atoms with Crippen LogP contribution in [-0.4, -0.2) is 32.0 Å². The number of phenols is 2. The van der Waals surface area contributed by atoms with Gasteiger partial charge in [-0.2, -0.15) is 8.78 Å². The zero-order valence-electron chi connectivity index (χ0n) is 16.0. The van der Waals surface area contributed by atoms with Crippen molar-refractivity contribution in [1.29, 1.82) is 0 Å². The molecule has 3 aromatic carbocycles. The maximum absolute atomic E-state index is 13.5. The van der Waals surface area contributed by atoms with Gasteiger partial charge >= 0.3 is 16.7 Å². The predicted molar refractivity (Wildman–Crippen MR) is 113 cm³/mol. The number of benzene rings is 3. The highest BCUT2D eigenvalue weighted by molar-refractivity contribution is 9.10. The number of aromatic carboxylic acids is 1. The van der Waals surface area contributed by atoms with Gasteiger partial charge in [-0.1, -0.05) is 18.2 Å². The fourth-order valence-corrected chi connectivity index (χ4v) is 3.76. The van der Waals surface area contributed by atoms with Crippen LogP contribution in [0.1, 0.15) is 33.0 Å². The molecule has 0 unspecified atom stereocenters. The minimum absolute atomic E-state index is 0.0345. The fraction of sp³-hybridized carbons (Fsp3) is 0.0909. The van der Waals surface area contributed by atoms with Crippen molar-refractivity contribution in [3.8, 4) is 23.0 Å². The number of carboxylic acid groups (broad SMARTS) is 1. The van der Waals surface area contributed by atoms with Crippen LogP contribution in [0, 0.1) is 0 Å². The number of hydrogen-bond acceptors (Lipinski definition) is 5. The van der Waals surface area contributed by atoms with Crippen LogP contribution >= 0.6 is 15.9 Å². The first-order valence-corrected chi connectivity index (χ1v) is 9.93. The average molecular weight is 506 g/mol. The Morgan fingerprint density at radius 3 is 2.03 bits per heavy atom. The van der Waals surface area contributed by atoms with Crippen LogP contribution < -0.4 is 10.1 Å². The molecule has 0 aromatic heterocycles. The van der Waals surface area contributed by atoms with Crippen molar-refractivity contribution >= 4 is 33.5 Å². The van der Waals surface area contributed by atoms with E-state index in [0.717, 1.165) is 0 Å². The van der Waals surface area contributed by atoms with E-state index >= 15 is 0 Å². The summed E-state index contributed by atoms with van der Waals surface area (Å²) in [5, 5.41) is 31.7. The molecule has 0 saturated heterocycles. The maximum Gasteiger partial charge on any atom is 0.378 e. The summed E-state index contributed by atoms with van der Waals surface area (Å²) in [7, 11) is 0. The van der Waals surface area contributed by atoms with Gasteiger partial charge in [0.25, 0.3) is 0 Å². The van der Waals surface area contributed by atoms with E-state index in [2.05, 4.69) is 5.32 Å². The highest BCUT2D eigenvalue weighted by Crippen LogP contribution is 2.51. The van der Waals surface area contributed by atoms with E-state index in [1.165, 1.54) is 54.6 Å². The standard InChI is InChI=1S/C22H14BrF2NO6/c23-22(24,25)21(31)26-15-3-1-2-14(20(29)30)19(15)18-12-6-4-10(27)8-16(12)32-17-9-11(28)5-7-13(17)18/h1-9,18,27-28H,(H,26,31)(H,29,30). The number of hydrogen-bond donors (Lipinski definition) is 4. The summed E-state index contributed by atoms with van der Waals surface area (Å²) < 4.78 is 32.8. The zero-order chi connectivity index (χ0) is 23.2. The van der Waals surface area contributed by atoms with Crippen LogP contribution in [0.25, 0.3) is 0 Å². The molecule has 0 aliphatic carbocycles. The molecule has 32 heavy (non-hydrogen) atoms. The van der Waals surface area contributed by atoms with Gasteiger partial charge in [-0.05, 0) is 24.3 Å². The Kier molecular flexibility index (Phi) is 5.25. The number of halogens is 3. The average Bonchev–Trinajstić information content (AvgIpc) is 2.71. The molecule has 7 nitrogen and oxygen atoms in total. The number of amides is 1. The zero-order valence-corrected chi connectivity index (χ0v) is 17.6. The number of fused-ring (bicyclic) bond motifs is 2. The third kappa shape index (κ3) is 3.84. The first kappa shape index (κ1) is 21.6. The van der Waals surface area contributed by atoms with E-state index in [0.29, 0.717) is 11.1 Å². The minimum Gasteiger partial charge on any atom is -0.508 e. The Balaban J connectivity index is 2.01. The molecule has 4 rings (SSSR count). The molecule has 10 heteroatoms. The Morgan fingerprint density at radius 1 is 0.969 bits per heavy atom. The summed E-state index contributed by atoms with van der Waals surface area (Å²) in [6.45, 7) is 0. The Morgan fingerprint density at radius 2 is 1.53 bits per heavy atom. The predicted octanol–water partition coefficient (Wildman–Crippen LogP) is 5.01. The lowest BCUT2D eigenvalue weighted by molar-refractivity contribution is -0.128. The Bertz CT molecular complexity index is 1210. The number of ether oxygens (including phenoxy) is 1. The van der Waals surface area contributed by atoms with Crippen LogP contribution in [0.2, 0.25) is 0 Å². The minimum atomic E-state index is -3.88. The first-order valence-electron chi connectivity index (χ1n) is 9.14. The normalized spacial score (nSPS) is 13.0. The molecule has 1 aliphatic rings. The summed E-state index contributed by atoms with van der Waals surface area (Å²) in [5.74, 6) is -3.79. The number of alkyl halides is 3. The van der Waals surface area contributed by atoms with Gasteiger partial charge in [0, 0.05) is 56.4 Å². The van der Waals surface area contributed by atoms with Gasteiger partial charge in [-0.3, -0.25) is 4.79 Å². The molecule has 0 radical (unpaired) electrons. The number of carbonyl (C=O) groups excluding carboxylic acids is 1. The number of nitrogens with one attached hydrogen (secondary N) is 1. The monoisotopic (exact) mass is 505 g/mol.